The molecule has 0 spiro atoms. The van der Waals surface area contributed by atoms with Crippen molar-refractivity contribution < 1.29 is 28.9 Å². The zero-order valence-electron chi connectivity index (χ0n) is 20.3. The van der Waals surface area contributed by atoms with E-state index in [4.69, 9.17) is 14.9 Å². The van der Waals surface area contributed by atoms with E-state index in [0.717, 1.165) is 42.7 Å². The summed E-state index contributed by atoms with van der Waals surface area (Å²) >= 11 is 0. The van der Waals surface area contributed by atoms with Crippen LogP contribution in [-0.2, 0) is 29.2 Å². The number of halogens is 1. The van der Waals surface area contributed by atoms with Crippen molar-refractivity contribution in [2.75, 3.05) is 13.1 Å². The van der Waals surface area contributed by atoms with Crippen LogP contribution in [0.3, 0.4) is 0 Å². The average molecular weight is 520 g/mol. The molecule has 4 aromatic rings. The minimum absolute atomic E-state index is 0.157. The van der Waals surface area contributed by atoms with Gasteiger partial charge in [0.05, 0.1) is 0 Å². The van der Waals surface area contributed by atoms with Crippen LogP contribution in [0.5, 0.6) is 5.75 Å². The van der Waals surface area contributed by atoms with Crippen molar-refractivity contribution in [1.29, 1.82) is 0 Å². The van der Waals surface area contributed by atoms with Crippen LogP contribution in [0.15, 0.2) is 83.8 Å². The Balaban J connectivity index is 0.000000368. The first kappa shape index (κ1) is 26.4. The normalized spacial score (nSPS) is 12.9. The summed E-state index contributed by atoms with van der Waals surface area (Å²) in [7, 11) is 0. The Kier molecular flexibility index (Phi) is 8.34. The van der Waals surface area contributed by atoms with Crippen molar-refractivity contribution in [2.45, 2.75) is 19.6 Å². The summed E-state index contributed by atoms with van der Waals surface area (Å²) in [6, 6.07) is 17.7. The topological polar surface area (TPSA) is 123 Å². The van der Waals surface area contributed by atoms with E-state index < -0.39 is 11.9 Å². The number of carboxylic acid groups (broad SMARTS) is 2. The highest BCUT2D eigenvalue weighted by Crippen LogP contribution is 2.24. The molecule has 9 nitrogen and oxygen atoms in total. The number of aromatic nitrogens is 2. The van der Waals surface area contributed by atoms with Crippen LogP contribution >= 0.6 is 0 Å². The number of hydrogen-bond acceptors (Lipinski definition) is 5. The second-order valence-corrected chi connectivity index (χ2v) is 8.53. The summed E-state index contributed by atoms with van der Waals surface area (Å²) in [4.78, 5) is 31.8. The second kappa shape index (κ2) is 12.0. The fourth-order valence-electron chi connectivity index (χ4n) is 4.12. The van der Waals surface area contributed by atoms with Crippen molar-refractivity contribution in [3.05, 3.63) is 106 Å². The summed E-state index contributed by atoms with van der Waals surface area (Å²) < 4.78 is 22.7. The van der Waals surface area contributed by atoms with Gasteiger partial charge in [-0.3, -0.25) is 9.36 Å². The predicted molar refractivity (Wildman–Crippen MR) is 139 cm³/mol. The van der Waals surface area contributed by atoms with Crippen LogP contribution in [0.1, 0.15) is 11.3 Å². The summed E-state index contributed by atoms with van der Waals surface area (Å²) in [5, 5.41) is 20.2. The number of hydrogen-bond donors (Lipinski definition) is 3. The molecule has 0 unspecified atom stereocenters. The molecule has 196 valence electrons. The number of nitrogens with one attached hydrogen (secondary N) is 1. The van der Waals surface area contributed by atoms with Crippen molar-refractivity contribution in [1.82, 2.24) is 14.5 Å². The van der Waals surface area contributed by atoms with E-state index in [-0.39, 0.29) is 18.0 Å². The fraction of sp³-hybridized carbons (Fsp3) is 0.179. The molecule has 1 aliphatic rings. The van der Waals surface area contributed by atoms with E-state index in [0.29, 0.717) is 17.9 Å². The largest absolute Gasteiger partial charge is 0.489 e. The van der Waals surface area contributed by atoms with Gasteiger partial charge in [0.2, 0.25) is 0 Å². The second-order valence-electron chi connectivity index (χ2n) is 8.53. The number of benzene rings is 2. The number of carbonyl (C=O) groups is 2. The van der Waals surface area contributed by atoms with E-state index in [1.807, 2.05) is 6.07 Å². The first-order valence-corrected chi connectivity index (χ1v) is 11.9. The van der Waals surface area contributed by atoms with Crippen molar-refractivity contribution in [3.8, 4) is 11.4 Å². The first-order chi connectivity index (χ1) is 18.3. The number of ether oxygens (including phenoxy) is 1. The zero-order chi connectivity index (χ0) is 27.1. The molecular weight excluding hydrogens is 493 g/mol. The third-order valence-corrected chi connectivity index (χ3v) is 5.90. The van der Waals surface area contributed by atoms with E-state index in [1.165, 1.54) is 29.4 Å². The molecule has 2 aromatic heterocycles. The predicted octanol–water partition coefficient (Wildman–Crippen LogP) is 3.37. The average Bonchev–Trinajstić information content (AvgIpc) is 3.07. The minimum Gasteiger partial charge on any atom is -0.489 e. The van der Waals surface area contributed by atoms with Gasteiger partial charge >= 0.3 is 11.9 Å². The van der Waals surface area contributed by atoms with Gasteiger partial charge in [-0.05, 0) is 48.0 Å². The van der Waals surface area contributed by atoms with Gasteiger partial charge in [-0.15, -0.1) is 0 Å². The van der Waals surface area contributed by atoms with Gasteiger partial charge in [0.1, 0.15) is 18.2 Å². The van der Waals surface area contributed by atoms with Crippen molar-refractivity contribution in [3.63, 3.8) is 0 Å². The smallest absolute Gasteiger partial charge is 0.328 e. The lowest BCUT2D eigenvalue weighted by atomic mass is 10.2. The molecule has 0 aliphatic carbocycles. The zero-order valence-corrected chi connectivity index (χ0v) is 20.3. The quantitative estimate of drug-likeness (QED) is 0.334. The van der Waals surface area contributed by atoms with Gasteiger partial charge in [0.15, 0.2) is 0 Å². The molecule has 10 heteroatoms. The Morgan fingerprint density at radius 3 is 2.39 bits per heavy atom. The lowest BCUT2D eigenvalue weighted by molar-refractivity contribution is -0.134. The monoisotopic (exact) mass is 519 g/mol. The molecule has 5 rings (SSSR count). The van der Waals surface area contributed by atoms with Crippen LogP contribution in [0.4, 0.5) is 4.39 Å². The number of pyridine rings is 1. The third-order valence-electron chi connectivity index (χ3n) is 5.90. The van der Waals surface area contributed by atoms with Gasteiger partial charge in [-0.2, -0.15) is 0 Å². The van der Waals surface area contributed by atoms with Gasteiger partial charge in [0.25, 0.3) is 5.56 Å². The molecule has 3 heterocycles. The summed E-state index contributed by atoms with van der Waals surface area (Å²) in [6.45, 7) is 3.19. The number of carboxylic acids is 2. The van der Waals surface area contributed by atoms with Crippen LogP contribution in [0.2, 0.25) is 0 Å². The van der Waals surface area contributed by atoms with Crippen LogP contribution in [0, 0.1) is 5.82 Å². The molecule has 3 N–H and O–H groups in total. The molecule has 1 aliphatic heterocycles. The molecule has 0 fully saturated rings. The summed E-state index contributed by atoms with van der Waals surface area (Å²) in [6.07, 6.45) is 3.85. The molecular formula is C28H26FN3O6. The number of fused-ring (bicyclic) bond motifs is 3. The lowest BCUT2D eigenvalue weighted by Crippen LogP contribution is -2.17. The molecule has 0 saturated carbocycles. The highest BCUT2D eigenvalue weighted by Gasteiger charge is 2.12. The Labute approximate surface area is 217 Å². The highest BCUT2D eigenvalue weighted by molar-refractivity contribution is 5.89. The number of aliphatic carboxylic acids is 2. The van der Waals surface area contributed by atoms with E-state index >= 15 is 0 Å². The first-order valence-electron chi connectivity index (χ1n) is 11.9. The maximum absolute atomic E-state index is 13.0. The van der Waals surface area contributed by atoms with Crippen LogP contribution < -0.4 is 15.6 Å². The van der Waals surface area contributed by atoms with E-state index in [1.54, 1.807) is 29.0 Å². The molecule has 0 radical (unpaired) electrons. The van der Waals surface area contributed by atoms with Crippen molar-refractivity contribution in [2.24, 2.45) is 0 Å². The van der Waals surface area contributed by atoms with Gasteiger partial charge in [0, 0.05) is 72.8 Å². The Hall–Kier alpha value is -4.70. The molecule has 0 amide bonds. The number of rotatable bonds is 6. The molecule has 0 bridgehead atoms. The van der Waals surface area contributed by atoms with Gasteiger partial charge < -0.3 is 24.8 Å². The van der Waals surface area contributed by atoms with Crippen LogP contribution in [-0.4, -0.2) is 44.4 Å². The summed E-state index contributed by atoms with van der Waals surface area (Å²) in [5.74, 6) is -2.31. The molecule has 2 aromatic carbocycles. The Morgan fingerprint density at radius 1 is 0.974 bits per heavy atom. The third kappa shape index (κ3) is 6.74. The van der Waals surface area contributed by atoms with E-state index in [2.05, 4.69) is 28.1 Å². The van der Waals surface area contributed by atoms with E-state index in [9.17, 15) is 18.8 Å². The SMILES string of the molecule is O=C(O)/C=C\C(=O)O.O=c1cc(OCc2ccc(F)cc2)ccn1-c1ccc2c(c1)cc1n2CCNCC1. The van der Waals surface area contributed by atoms with Crippen LogP contribution in [0.25, 0.3) is 16.6 Å². The highest BCUT2D eigenvalue weighted by atomic mass is 19.1. The van der Waals surface area contributed by atoms with Gasteiger partial charge in [-0.25, -0.2) is 14.0 Å². The van der Waals surface area contributed by atoms with Gasteiger partial charge in [-0.1, -0.05) is 12.1 Å². The standard InChI is InChI=1S/C24H22FN3O2.C4H4O4/c25-19-3-1-17(2-4-19)16-30-22-8-11-28(24(29)15-22)20-5-6-23-18(13-20)14-21-7-9-26-10-12-27(21)23;5-3(6)1-2-4(7)8/h1-6,8,11,13-15,26H,7,9-10,12,16H2;1-2H,(H,5,6)(H,7,8)/b;2-1-. The maximum Gasteiger partial charge on any atom is 0.328 e. The fourth-order valence-corrected chi connectivity index (χ4v) is 4.12. The molecule has 0 atom stereocenters. The Bertz CT molecular complexity index is 1520. The van der Waals surface area contributed by atoms with Crippen molar-refractivity contribution >= 4 is 22.8 Å². The lowest BCUT2D eigenvalue weighted by Gasteiger charge is -2.10. The summed E-state index contributed by atoms with van der Waals surface area (Å²) in [5.41, 5.74) is 4.04. The minimum atomic E-state index is -1.26. The molecule has 38 heavy (non-hydrogen) atoms. The Morgan fingerprint density at radius 2 is 1.71 bits per heavy atom. The molecule has 0 saturated heterocycles. The maximum atomic E-state index is 13.0. The number of nitrogens with zero attached hydrogens (tertiary/aromatic N) is 2.